The summed E-state index contributed by atoms with van der Waals surface area (Å²) in [6, 6.07) is 15.2. The van der Waals surface area contributed by atoms with Gasteiger partial charge < -0.3 is 15.4 Å². The molecule has 1 aliphatic heterocycles. The minimum atomic E-state index is -1.03. The van der Waals surface area contributed by atoms with Crippen molar-refractivity contribution in [2.45, 2.75) is 13.3 Å². The van der Waals surface area contributed by atoms with E-state index in [9.17, 15) is 14.7 Å². The Morgan fingerprint density at radius 3 is 2.68 bits per heavy atom. The zero-order valence-electron chi connectivity index (χ0n) is 15.0. The number of halogens is 1. The zero-order chi connectivity index (χ0) is 19.8. The van der Waals surface area contributed by atoms with E-state index < -0.39 is 5.97 Å². The smallest absolute Gasteiger partial charge is 0.337 e. The third-order valence-corrected chi connectivity index (χ3v) is 5.26. The third-order valence-electron chi connectivity index (χ3n) is 4.77. The van der Waals surface area contributed by atoms with Crippen LogP contribution in [0.25, 0.3) is 22.8 Å². The van der Waals surface area contributed by atoms with Crippen LogP contribution < -0.4 is 5.32 Å². The molecule has 0 fully saturated rings. The molecule has 2 heterocycles. The summed E-state index contributed by atoms with van der Waals surface area (Å²) in [4.78, 5) is 27.4. The standard InChI is InChI=1S/C22H17BrN2O3/c1-2-14-10-16(22(27)28)19(24-14)11-17-20-15(12-5-3-6-13(23)9-12)7-4-8-18(20)25-21(17)26/h3-11,24H,2H2,1H3,(H,25,26)(H,27,28)/b17-11-. The number of benzene rings is 2. The second-order valence-corrected chi connectivity index (χ2v) is 7.45. The SMILES string of the molecule is CCc1cc(C(=O)O)c(/C=C2\C(=O)Nc3cccc(-c4cccc(Br)c4)c32)[nH]1. The minimum Gasteiger partial charge on any atom is -0.478 e. The van der Waals surface area contributed by atoms with E-state index >= 15 is 0 Å². The van der Waals surface area contributed by atoms with Crippen molar-refractivity contribution in [1.82, 2.24) is 4.98 Å². The van der Waals surface area contributed by atoms with Gasteiger partial charge in [0.2, 0.25) is 0 Å². The fourth-order valence-electron chi connectivity index (χ4n) is 3.44. The number of H-pyrrole nitrogens is 1. The molecule has 6 heteroatoms. The first-order valence-electron chi connectivity index (χ1n) is 8.85. The molecule has 2 aromatic carbocycles. The number of carboxylic acids is 1. The van der Waals surface area contributed by atoms with Gasteiger partial charge in [-0.1, -0.05) is 47.1 Å². The van der Waals surface area contributed by atoms with Gasteiger partial charge in [-0.3, -0.25) is 4.79 Å². The van der Waals surface area contributed by atoms with Gasteiger partial charge in [-0.05, 0) is 47.9 Å². The Balaban J connectivity index is 1.92. The van der Waals surface area contributed by atoms with Crippen LogP contribution in [0.3, 0.4) is 0 Å². The van der Waals surface area contributed by atoms with Crippen LogP contribution in [0, 0.1) is 0 Å². The van der Waals surface area contributed by atoms with Gasteiger partial charge >= 0.3 is 5.97 Å². The monoisotopic (exact) mass is 436 g/mol. The van der Waals surface area contributed by atoms with Crippen LogP contribution in [0.2, 0.25) is 0 Å². The Hall–Kier alpha value is -3.12. The fraction of sp³-hybridized carbons (Fsp3) is 0.0909. The summed E-state index contributed by atoms with van der Waals surface area (Å²) in [5, 5.41) is 12.4. The lowest BCUT2D eigenvalue weighted by atomic mass is 9.94. The lowest BCUT2D eigenvalue weighted by Crippen LogP contribution is -2.04. The first-order valence-corrected chi connectivity index (χ1v) is 9.64. The van der Waals surface area contributed by atoms with Crippen molar-refractivity contribution in [2.75, 3.05) is 5.32 Å². The van der Waals surface area contributed by atoms with Crippen LogP contribution in [-0.4, -0.2) is 22.0 Å². The molecule has 0 unspecified atom stereocenters. The molecule has 28 heavy (non-hydrogen) atoms. The molecule has 0 bridgehead atoms. The second kappa shape index (κ2) is 7.13. The Morgan fingerprint density at radius 1 is 1.18 bits per heavy atom. The highest BCUT2D eigenvalue weighted by Crippen LogP contribution is 2.41. The van der Waals surface area contributed by atoms with Gasteiger partial charge in [-0.2, -0.15) is 0 Å². The van der Waals surface area contributed by atoms with Gasteiger partial charge in [0.25, 0.3) is 5.91 Å². The number of rotatable bonds is 4. The van der Waals surface area contributed by atoms with E-state index in [0.29, 0.717) is 23.4 Å². The molecule has 1 amide bonds. The molecule has 0 saturated heterocycles. The zero-order valence-corrected chi connectivity index (χ0v) is 16.6. The quantitative estimate of drug-likeness (QED) is 0.491. The topological polar surface area (TPSA) is 82.2 Å². The lowest BCUT2D eigenvalue weighted by Gasteiger charge is -2.09. The number of carboxylic acid groups (broad SMARTS) is 1. The highest BCUT2D eigenvalue weighted by Gasteiger charge is 2.28. The molecule has 0 saturated carbocycles. The van der Waals surface area contributed by atoms with Crippen LogP contribution >= 0.6 is 15.9 Å². The molecule has 4 rings (SSSR count). The van der Waals surface area contributed by atoms with E-state index in [1.165, 1.54) is 0 Å². The van der Waals surface area contributed by atoms with E-state index in [4.69, 9.17) is 0 Å². The molecule has 0 radical (unpaired) electrons. The number of aryl methyl sites for hydroxylation is 1. The number of anilines is 1. The molecule has 1 aliphatic rings. The van der Waals surface area contributed by atoms with Crippen molar-refractivity contribution in [1.29, 1.82) is 0 Å². The Bertz CT molecular complexity index is 1140. The lowest BCUT2D eigenvalue weighted by molar-refractivity contribution is -0.110. The molecule has 3 aromatic rings. The highest BCUT2D eigenvalue weighted by atomic mass is 79.9. The van der Waals surface area contributed by atoms with Crippen molar-refractivity contribution in [3.63, 3.8) is 0 Å². The Morgan fingerprint density at radius 2 is 1.96 bits per heavy atom. The number of aromatic amines is 1. The van der Waals surface area contributed by atoms with E-state index in [-0.39, 0.29) is 11.5 Å². The molecule has 140 valence electrons. The summed E-state index contributed by atoms with van der Waals surface area (Å²) < 4.78 is 0.940. The van der Waals surface area contributed by atoms with E-state index in [1.54, 1.807) is 12.1 Å². The highest BCUT2D eigenvalue weighted by molar-refractivity contribution is 9.10. The molecular weight excluding hydrogens is 420 g/mol. The Labute approximate surface area is 170 Å². The summed E-state index contributed by atoms with van der Waals surface area (Å²) >= 11 is 3.49. The van der Waals surface area contributed by atoms with Crippen molar-refractivity contribution in [2.24, 2.45) is 0 Å². The van der Waals surface area contributed by atoms with Crippen molar-refractivity contribution < 1.29 is 14.7 Å². The maximum absolute atomic E-state index is 12.7. The summed E-state index contributed by atoms with van der Waals surface area (Å²) in [7, 11) is 0. The number of hydrogen-bond acceptors (Lipinski definition) is 2. The average molecular weight is 437 g/mol. The number of carbonyl (C=O) groups excluding carboxylic acids is 1. The maximum atomic E-state index is 12.7. The van der Waals surface area contributed by atoms with Crippen molar-refractivity contribution in [3.8, 4) is 11.1 Å². The van der Waals surface area contributed by atoms with Gasteiger partial charge in [0, 0.05) is 21.4 Å². The molecule has 5 nitrogen and oxygen atoms in total. The second-order valence-electron chi connectivity index (χ2n) is 6.53. The summed E-state index contributed by atoms with van der Waals surface area (Å²) in [6.07, 6.45) is 2.31. The number of hydrogen-bond donors (Lipinski definition) is 3. The first kappa shape index (κ1) is 18.3. The molecule has 1 aromatic heterocycles. The van der Waals surface area contributed by atoms with Crippen molar-refractivity contribution >= 4 is 45.1 Å². The predicted octanol–water partition coefficient (Wildman–Crippen LogP) is 5.20. The first-order chi connectivity index (χ1) is 13.5. The molecule has 3 N–H and O–H groups in total. The van der Waals surface area contributed by atoms with Crippen LogP contribution in [0.1, 0.15) is 34.2 Å². The van der Waals surface area contributed by atoms with E-state index in [0.717, 1.165) is 26.9 Å². The average Bonchev–Trinajstić information content (AvgIpc) is 3.23. The number of amides is 1. The summed E-state index contributed by atoms with van der Waals surface area (Å²) in [5.74, 6) is -1.27. The third kappa shape index (κ3) is 3.16. The van der Waals surface area contributed by atoms with Gasteiger partial charge in [-0.15, -0.1) is 0 Å². The molecule has 0 atom stereocenters. The van der Waals surface area contributed by atoms with Crippen LogP contribution in [-0.2, 0) is 11.2 Å². The largest absolute Gasteiger partial charge is 0.478 e. The summed E-state index contributed by atoms with van der Waals surface area (Å²) in [6.45, 7) is 1.94. The van der Waals surface area contributed by atoms with Crippen molar-refractivity contribution in [3.05, 3.63) is 75.5 Å². The van der Waals surface area contributed by atoms with Crippen LogP contribution in [0.15, 0.2) is 53.0 Å². The number of aromatic carboxylic acids is 1. The minimum absolute atomic E-state index is 0.158. The number of carbonyl (C=O) groups is 2. The Kier molecular flexibility index (Phi) is 4.65. The number of nitrogens with one attached hydrogen (secondary N) is 2. The van der Waals surface area contributed by atoms with Crippen LogP contribution in [0.5, 0.6) is 0 Å². The number of aromatic nitrogens is 1. The molecule has 0 spiro atoms. The fourth-order valence-corrected chi connectivity index (χ4v) is 3.84. The maximum Gasteiger partial charge on any atom is 0.337 e. The van der Waals surface area contributed by atoms with Gasteiger partial charge in [0.1, 0.15) is 0 Å². The van der Waals surface area contributed by atoms with Gasteiger partial charge in [-0.25, -0.2) is 4.79 Å². The van der Waals surface area contributed by atoms with E-state index in [2.05, 4.69) is 26.2 Å². The van der Waals surface area contributed by atoms with E-state index in [1.807, 2.05) is 49.4 Å². The van der Waals surface area contributed by atoms with Gasteiger partial charge in [0.05, 0.1) is 16.8 Å². The van der Waals surface area contributed by atoms with Crippen LogP contribution in [0.4, 0.5) is 5.69 Å². The van der Waals surface area contributed by atoms with Gasteiger partial charge in [0.15, 0.2) is 0 Å². The molecular formula is C22H17BrN2O3. The molecule has 0 aliphatic carbocycles. The summed E-state index contributed by atoms with van der Waals surface area (Å²) in [5.41, 5.74) is 5.19. The number of fused-ring (bicyclic) bond motifs is 1. The predicted molar refractivity (Wildman–Crippen MR) is 113 cm³/mol. The normalized spacial score (nSPS) is 14.2.